The zero-order valence-electron chi connectivity index (χ0n) is 10.7. The molecule has 0 aliphatic heterocycles. The highest BCUT2D eigenvalue weighted by molar-refractivity contribution is 5.24. The summed E-state index contributed by atoms with van der Waals surface area (Å²) in [6, 6.07) is 5.67. The molecule has 1 fully saturated rings. The molecule has 1 aromatic rings. The summed E-state index contributed by atoms with van der Waals surface area (Å²) >= 11 is 0. The second-order valence-corrected chi connectivity index (χ2v) is 5.04. The molecule has 19 heavy (non-hydrogen) atoms. The van der Waals surface area contributed by atoms with Crippen molar-refractivity contribution < 1.29 is 13.5 Å². The Labute approximate surface area is 111 Å². The number of benzene rings is 1. The van der Waals surface area contributed by atoms with Gasteiger partial charge in [-0.25, -0.2) is 8.78 Å². The number of nitrogens with zero attached hydrogens (tertiary/aromatic N) is 1. The Morgan fingerprint density at radius 1 is 1.47 bits per heavy atom. The summed E-state index contributed by atoms with van der Waals surface area (Å²) in [7, 11) is 0. The van der Waals surface area contributed by atoms with Gasteiger partial charge in [-0.05, 0) is 31.9 Å². The first-order valence-corrected chi connectivity index (χ1v) is 6.29. The summed E-state index contributed by atoms with van der Waals surface area (Å²) < 4.78 is 31.5. The highest BCUT2D eigenvalue weighted by Gasteiger charge is 2.32. The second-order valence-electron chi connectivity index (χ2n) is 5.04. The summed E-state index contributed by atoms with van der Waals surface area (Å²) in [6.45, 7) is 1.95. The highest BCUT2D eigenvalue weighted by atomic mass is 19.1. The number of rotatable bonds is 6. The Morgan fingerprint density at radius 2 is 2.21 bits per heavy atom. The number of nitriles is 1. The molecule has 0 saturated heterocycles. The Balaban J connectivity index is 1.88. The van der Waals surface area contributed by atoms with Crippen molar-refractivity contribution in [2.24, 2.45) is 0 Å². The van der Waals surface area contributed by atoms with E-state index in [1.807, 2.05) is 0 Å². The van der Waals surface area contributed by atoms with Crippen molar-refractivity contribution in [3.63, 3.8) is 0 Å². The van der Waals surface area contributed by atoms with Crippen LogP contribution in [0.1, 0.15) is 26.2 Å². The maximum absolute atomic E-state index is 13.3. The van der Waals surface area contributed by atoms with E-state index in [9.17, 15) is 8.78 Å². The van der Waals surface area contributed by atoms with Gasteiger partial charge in [-0.1, -0.05) is 0 Å². The van der Waals surface area contributed by atoms with Gasteiger partial charge >= 0.3 is 0 Å². The SMILES string of the molecule is CC(C#N)(CCOc1cc(F)ccc1F)NC1CC1. The Hall–Kier alpha value is -1.67. The van der Waals surface area contributed by atoms with Crippen LogP contribution >= 0.6 is 0 Å². The van der Waals surface area contributed by atoms with Crippen LogP contribution in [-0.2, 0) is 0 Å². The standard InChI is InChI=1S/C14H16F2N2O/c1-14(9-17,18-11-3-4-11)6-7-19-13-8-10(15)2-5-12(13)16/h2,5,8,11,18H,3-4,6-7H2,1H3. The molecule has 1 unspecified atom stereocenters. The molecule has 1 aliphatic carbocycles. The largest absolute Gasteiger partial charge is 0.490 e. The van der Waals surface area contributed by atoms with E-state index in [1.165, 1.54) is 0 Å². The van der Waals surface area contributed by atoms with E-state index in [0.717, 1.165) is 31.0 Å². The van der Waals surface area contributed by atoms with Crippen LogP contribution in [0.5, 0.6) is 5.75 Å². The van der Waals surface area contributed by atoms with E-state index in [4.69, 9.17) is 10.00 Å². The summed E-state index contributed by atoms with van der Waals surface area (Å²) in [5.74, 6) is -1.27. The molecular weight excluding hydrogens is 250 g/mol. The van der Waals surface area contributed by atoms with Crippen LogP contribution in [0.2, 0.25) is 0 Å². The lowest BCUT2D eigenvalue weighted by molar-refractivity contribution is 0.255. The third kappa shape index (κ3) is 3.90. The molecule has 0 amide bonds. The third-order valence-corrected chi connectivity index (χ3v) is 3.10. The molecule has 0 radical (unpaired) electrons. The van der Waals surface area contributed by atoms with E-state index < -0.39 is 17.2 Å². The molecular formula is C14H16F2N2O. The van der Waals surface area contributed by atoms with Gasteiger partial charge in [0.05, 0.1) is 12.7 Å². The topological polar surface area (TPSA) is 45.0 Å². The summed E-state index contributed by atoms with van der Waals surface area (Å²) in [6.07, 6.45) is 2.57. The quantitative estimate of drug-likeness (QED) is 0.861. The van der Waals surface area contributed by atoms with Gasteiger partial charge in [0, 0.05) is 18.5 Å². The molecule has 0 bridgehead atoms. The van der Waals surface area contributed by atoms with Crippen molar-refractivity contribution in [2.75, 3.05) is 6.61 Å². The minimum Gasteiger partial charge on any atom is -0.490 e. The molecule has 1 atom stereocenters. The fourth-order valence-corrected chi connectivity index (χ4v) is 1.79. The van der Waals surface area contributed by atoms with Crippen LogP contribution in [0.25, 0.3) is 0 Å². The fourth-order valence-electron chi connectivity index (χ4n) is 1.79. The summed E-state index contributed by atoms with van der Waals surface area (Å²) in [5.41, 5.74) is -0.690. The molecule has 0 heterocycles. The molecule has 3 nitrogen and oxygen atoms in total. The van der Waals surface area contributed by atoms with Crippen LogP contribution in [0.15, 0.2) is 18.2 Å². The van der Waals surface area contributed by atoms with E-state index in [-0.39, 0.29) is 12.4 Å². The second kappa shape index (κ2) is 5.54. The minimum absolute atomic E-state index is 0.119. The highest BCUT2D eigenvalue weighted by Crippen LogP contribution is 2.24. The molecule has 0 spiro atoms. The monoisotopic (exact) mass is 266 g/mol. The number of ether oxygens (including phenoxy) is 1. The molecule has 5 heteroatoms. The van der Waals surface area contributed by atoms with Gasteiger partial charge in [-0.3, -0.25) is 5.32 Å². The van der Waals surface area contributed by atoms with Crippen molar-refractivity contribution in [3.05, 3.63) is 29.8 Å². The number of nitrogens with one attached hydrogen (secondary N) is 1. The Morgan fingerprint density at radius 3 is 2.84 bits per heavy atom. The zero-order valence-corrected chi connectivity index (χ0v) is 10.7. The van der Waals surface area contributed by atoms with Crippen LogP contribution in [0.3, 0.4) is 0 Å². The fraction of sp³-hybridized carbons (Fsp3) is 0.500. The maximum atomic E-state index is 13.3. The number of hydrogen-bond donors (Lipinski definition) is 1. The number of halogens is 2. The van der Waals surface area contributed by atoms with Crippen LogP contribution in [0.4, 0.5) is 8.78 Å². The molecule has 0 aromatic heterocycles. The third-order valence-electron chi connectivity index (χ3n) is 3.10. The van der Waals surface area contributed by atoms with Crippen LogP contribution in [0, 0.1) is 23.0 Å². The molecule has 2 rings (SSSR count). The summed E-state index contributed by atoms with van der Waals surface area (Å²) in [4.78, 5) is 0. The molecule has 1 saturated carbocycles. The average molecular weight is 266 g/mol. The first kappa shape index (κ1) is 13.8. The molecule has 1 aromatic carbocycles. The zero-order chi connectivity index (χ0) is 13.9. The maximum Gasteiger partial charge on any atom is 0.165 e. The van der Waals surface area contributed by atoms with Gasteiger partial charge in [-0.15, -0.1) is 0 Å². The van der Waals surface area contributed by atoms with E-state index >= 15 is 0 Å². The Bertz CT molecular complexity index is 497. The molecule has 1 aliphatic rings. The first-order chi connectivity index (χ1) is 9.02. The van der Waals surface area contributed by atoms with Crippen molar-refractivity contribution in [1.82, 2.24) is 5.32 Å². The van der Waals surface area contributed by atoms with Crippen molar-refractivity contribution >= 4 is 0 Å². The predicted molar refractivity (Wildman–Crippen MR) is 66.6 cm³/mol. The number of hydrogen-bond acceptors (Lipinski definition) is 3. The Kier molecular flexibility index (Phi) is 4.01. The van der Waals surface area contributed by atoms with Gasteiger partial charge in [0.15, 0.2) is 11.6 Å². The minimum atomic E-state index is -0.690. The van der Waals surface area contributed by atoms with Gasteiger partial charge < -0.3 is 4.74 Å². The first-order valence-electron chi connectivity index (χ1n) is 6.29. The average Bonchev–Trinajstić information content (AvgIpc) is 3.17. The van der Waals surface area contributed by atoms with E-state index in [0.29, 0.717) is 12.5 Å². The van der Waals surface area contributed by atoms with E-state index in [1.54, 1.807) is 6.92 Å². The molecule has 102 valence electrons. The lowest BCUT2D eigenvalue weighted by Gasteiger charge is -2.23. The summed E-state index contributed by atoms with van der Waals surface area (Å²) in [5, 5.41) is 12.4. The van der Waals surface area contributed by atoms with Gasteiger partial charge in [0.25, 0.3) is 0 Å². The lowest BCUT2D eigenvalue weighted by Crippen LogP contribution is -2.43. The van der Waals surface area contributed by atoms with Crippen molar-refractivity contribution in [1.29, 1.82) is 5.26 Å². The van der Waals surface area contributed by atoms with Crippen LogP contribution in [-0.4, -0.2) is 18.2 Å². The van der Waals surface area contributed by atoms with Crippen molar-refractivity contribution in [3.8, 4) is 11.8 Å². The van der Waals surface area contributed by atoms with Gasteiger partial charge in [0.1, 0.15) is 11.4 Å². The lowest BCUT2D eigenvalue weighted by atomic mass is 10.0. The van der Waals surface area contributed by atoms with Gasteiger partial charge in [0.2, 0.25) is 0 Å². The van der Waals surface area contributed by atoms with E-state index in [2.05, 4.69) is 11.4 Å². The van der Waals surface area contributed by atoms with Gasteiger partial charge in [-0.2, -0.15) is 5.26 Å². The van der Waals surface area contributed by atoms with Crippen LogP contribution < -0.4 is 10.1 Å². The predicted octanol–water partition coefficient (Wildman–Crippen LogP) is 2.77. The van der Waals surface area contributed by atoms with Crippen molar-refractivity contribution in [2.45, 2.75) is 37.8 Å². The smallest absolute Gasteiger partial charge is 0.165 e. The normalized spacial score (nSPS) is 17.6. The molecule has 1 N–H and O–H groups in total.